The first kappa shape index (κ1) is 15.4. The fraction of sp³-hybridized carbons (Fsp3) is 0.267. The second-order valence-electron chi connectivity index (χ2n) is 4.85. The highest BCUT2D eigenvalue weighted by atomic mass is 19.4. The molecular formula is C15H14F4N2. The van der Waals surface area contributed by atoms with Crippen LogP contribution in [0.5, 0.6) is 0 Å². The van der Waals surface area contributed by atoms with Gasteiger partial charge in [-0.05, 0) is 48.7 Å². The molecule has 1 atom stereocenters. The van der Waals surface area contributed by atoms with Gasteiger partial charge in [-0.15, -0.1) is 0 Å². The number of alkyl halides is 3. The Morgan fingerprint density at radius 2 is 1.90 bits per heavy atom. The molecule has 0 fully saturated rings. The third-order valence-electron chi connectivity index (χ3n) is 3.24. The number of hydrogen-bond donors (Lipinski definition) is 1. The van der Waals surface area contributed by atoms with Crippen molar-refractivity contribution in [1.29, 1.82) is 0 Å². The smallest absolute Gasteiger partial charge is 0.322 e. The van der Waals surface area contributed by atoms with E-state index in [2.05, 4.69) is 4.98 Å². The molecule has 21 heavy (non-hydrogen) atoms. The number of halogens is 4. The number of nitrogens with zero attached hydrogens (tertiary/aromatic N) is 1. The highest BCUT2D eigenvalue weighted by Gasteiger charge is 2.30. The average molecular weight is 298 g/mol. The van der Waals surface area contributed by atoms with E-state index in [0.29, 0.717) is 12.1 Å². The quantitative estimate of drug-likeness (QED) is 0.876. The first-order chi connectivity index (χ1) is 9.77. The maximum absolute atomic E-state index is 13.0. The molecule has 112 valence electrons. The van der Waals surface area contributed by atoms with Crippen LogP contribution in [-0.4, -0.2) is 4.98 Å². The summed E-state index contributed by atoms with van der Waals surface area (Å²) in [5, 5.41) is 0. The van der Waals surface area contributed by atoms with Gasteiger partial charge in [0.2, 0.25) is 0 Å². The van der Waals surface area contributed by atoms with Crippen LogP contribution in [0.1, 0.15) is 28.4 Å². The third kappa shape index (κ3) is 3.78. The van der Waals surface area contributed by atoms with E-state index in [1.807, 2.05) is 0 Å². The van der Waals surface area contributed by atoms with Gasteiger partial charge in [-0.1, -0.05) is 6.07 Å². The van der Waals surface area contributed by atoms with Crippen molar-refractivity contribution < 1.29 is 17.6 Å². The van der Waals surface area contributed by atoms with Crippen LogP contribution in [0.3, 0.4) is 0 Å². The Kier molecular flexibility index (Phi) is 4.27. The summed E-state index contributed by atoms with van der Waals surface area (Å²) < 4.78 is 50.4. The number of aryl methyl sites for hydroxylation is 1. The first-order valence-corrected chi connectivity index (χ1v) is 6.31. The predicted octanol–water partition coefficient (Wildman–Crippen LogP) is 3.79. The van der Waals surface area contributed by atoms with Crippen molar-refractivity contribution in [3.63, 3.8) is 0 Å². The van der Waals surface area contributed by atoms with Crippen LogP contribution < -0.4 is 5.73 Å². The Hall–Kier alpha value is -1.95. The number of benzene rings is 1. The van der Waals surface area contributed by atoms with Crippen LogP contribution in [0.25, 0.3) is 0 Å². The SMILES string of the molecule is Cc1cc(F)ccc1CC(N)c1ccc(C(F)(F)F)cn1. The fourth-order valence-electron chi connectivity index (χ4n) is 2.02. The normalized spacial score (nSPS) is 13.2. The van der Waals surface area contributed by atoms with Crippen molar-refractivity contribution in [3.05, 3.63) is 64.7 Å². The summed E-state index contributed by atoms with van der Waals surface area (Å²) in [4.78, 5) is 3.77. The monoisotopic (exact) mass is 298 g/mol. The molecule has 1 unspecified atom stereocenters. The molecule has 0 saturated carbocycles. The molecule has 2 aromatic rings. The van der Waals surface area contributed by atoms with E-state index < -0.39 is 17.8 Å². The Labute approximate surface area is 119 Å². The van der Waals surface area contributed by atoms with Gasteiger partial charge in [-0.25, -0.2) is 4.39 Å². The van der Waals surface area contributed by atoms with Gasteiger partial charge in [0.25, 0.3) is 0 Å². The minimum Gasteiger partial charge on any atom is -0.322 e. The molecule has 1 heterocycles. The lowest BCUT2D eigenvalue weighted by Gasteiger charge is -2.14. The molecule has 0 aliphatic rings. The topological polar surface area (TPSA) is 38.9 Å². The molecule has 0 amide bonds. The number of nitrogens with two attached hydrogens (primary N) is 1. The maximum Gasteiger partial charge on any atom is 0.417 e. The Balaban J connectivity index is 2.15. The summed E-state index contributed by atoms with van der Waals surface area (Å²) in [5.41, 5.74) is 7.10. The minimum absolute atomic E-state index is 0.336. The molecule has 6 heteroatoms. The summed E-state index contributed by atoms with van der Waals surface area (Å²) in [6.45, 7) is 1.76. The zero-order valence-corrected chi connectivity index (χ0v) is 11.3. The van der Waals surface area contributed by atoms with E-state index in [4.69, 9.17) is 5.73 Å². The van der Waals surface area contributed by atoms with Gasteiger partial charge in [0.05, 0.1) is 17.3 Å². The van der Waals surface area contributed by atoms with Crippen molar-refractivity contribution in [2.45, 2.75) is 25.6 Å². The molecule has 1 aromatic heterocycles. The molecule has 2 N–H and O–H groups in total. The zero-order chi connectivity index (χ0) is 15.6. The van der Waals surface area contributed by atoms with Gasteiger partial charge in [-0.2, -0.15) is 13.2 Å². The largest absolute Gasteiger partial charge is 0.417 e. The lowest BCUT2D eigenvalue weighted by Crippen LogP contribution is -2.16. The summed E-state index contributed by atoms with van der Waals surface area (Å²) in [7, 11) is 0. The van der Waals surface area contributed by atoms with Crippen molar-refractivity contribution in [1.82, 2.24) is 4.98 Å². The lowest BCUT2D eigenvalue weighted by molar-refractivity contribution is -0.137. The molecule has 0 bridgehead atoms. The first-order valence-electron chi connectivity index (χ1n) is 6.31. The second-order valence-corrected chi connectivity index (χ2v) is 4.85. The maximum atomic E-state index is 13.0. The van der Waals surface area contributed by atoms with Gasteiger partial charge in [0, 0.05) is 6.20 Å². The van der Waals surface area contributed by atoms with Crippen molar-refractivity contribution in [2.24, 2.45) is 5.73 Å². The summed E-state index contributed by atoms with van der Waals surface area (Å²) in [5.74, 6) is -0.336. The van der Waals surface area contributed by atoms with Gasteiger partial charge in [-0.3, -0.25) is 4.98 Å². The van der Waals surface area contributed by atoms with E-state index in [-0.39, 0.29) is 5.82 Å². The summed E-state index contributed by atoms with van der Waals surface area (Å²) >= 11 is 0. The van der Waals surface area contributed by atoms with Crippen LogP contribution >= 0.6 is 0 Å². The summed E-state index contributed by atoms with van der Waals surface area (Å²) in [6, 6.07) is 6.02. The van der Waals surface area contributed by atoms with Gasteiger partial charge < -0.3 is 5.73 Å². The standard InChI is InChI=1S/C15H14F4N2/c1-9-6-12(16)4-2-10(9)7-13(20)14-5-3-11(8-21-14)15(17,18)19/h2-6,8,13H,7,20H2,1H3. The van der Waals surface area contributed by atoms with Gasteiger partial charge in [0.15, 0.2) is 0 Å². The van der Waals surface area contributed by atoms with Gasteiger partial charge >= 0.3 is 6.18 Å². The predicted molar refractivity (Wildman–Crippen MR) is 71.0 cm³/mol. The number of hydrogen-bond acceptors (Lipinski definition) is 2. The van der Waals surface area contributed by atoms with E-state index in [1.54, 1.807) is 13.0 Å². The van der Waals surface area contributed by atoms with Crippen LogP contribution in [0.4, 0.5) is 17.6 Å². The van der Waals surface area contributed by atoms with Gasteiger partial charge in [0.1, 0.15) is 5.82 Å². The Bertz CT molecular complexity index is 621. The molecule has 0 aliphatic carbocycles. The highest BCUT2D eigenvalue weighted by Crippen LogP contribution is 2.29. The molecule has 0 radical (unpaired) electrons. The molecule has 2 rings (SSSR count). The van der Waals surface area contributed by atoms with E-state index in [9.17, 15) is 17.6 Å². The van der Waals surface area contributed by atoms with E-state index in [0.717, 1.165) is 23.4 Å². The fourth-order valence-corrected chi connectivity index (χ4v) is 2.02. The molecular weight excluding hydrogens is 284 g/mol. The Morgan fingerprint density at radius 1 is 1.19 bits per heavy atom. The zero-order valence-electron chi connectivity index (χ0n) is 11.3. The van der Waals surface area contributed by atoms with Crippen molar-refractivity contribution >= 4 is 0 Å². The molecule has 1 aromatic carbocycles. The Morgan fingerprint density at radius 3 is 2.43 bits per heavy atom. The highest BCUT2D eigenvalue weighted by molar-refractivity contribution is 5.29. The molecule has 2 nitrogen and oxygen atoms in total. The molecule has 0 spiro atoms. The van der Waals surface area contributed by atoms with E-state index >= 15 is 0 Å². The van der Waals surface area contributed by atoms with Crippen LogP contribution in [-0.2, 0) is 12.6 Å². The average Bonchev–Trinajstić information content (AvgIpc) is 2.41. The van der Waals surface area contributed by atoms with Crippen LogP contribution in [0.15, 0.2) is 36.5 Å². The molecule has 0 aliphatic heterocycles. The van der Waals surface area contributed by atoms with Crippen LogP contribution in [0.2, 0.25) is 0 Å². The van der Waals surface area contributed by atoms with Crippen molar-refractivity contribution in [2.75, 3.05) is 0 Å². The lowest BCUT2D eigenvalue weighted by atomic mass is 9.99. The van der Waals surface area contributed by atoms with E-state index in [1.165, 1.54) is 18.2 Å². The van der Waals surface area contributed by atoms with Crippen LogP contribution in [0, 0.1) is 12.7 Å². The minimum atomic E-state index is -4.41. The van der Waals surface area contributed by atoms with Crippen molar-refractivity contribution in [3.8, 4) is 0 Å². The third-order valence-corrected chi connectivity index (χ3v) is 3.24. The molecule has 0 saturated heterocycles. The number of rotatable bonds is 3. The number of pyridine rings is 1. The number of aromatic nitrogens is 1. The summed E-state index contributed by atoms with van der Waals surface area (Å²) in [6.07, 6.45) is -3.26. The second kappa shape index (κ2) is 5.81.